The Kier molecular flexibility index (Phi) is 10.6. The summed E-state index contributed by atoms with van der Waals surface area (Å²) in [5.74, 6) is -0.538. The molecule has 1 aromatic carbocycles. The molecule has 0 aliphatic heterocycles. The Bertz CT molecular complexity index is 687. The van der Waals surface area contributed by atoms with Gasteiger partial charge in [-0.1, -0.05) is 31.6 Å². The number of hydrogen-bond acceptors (Lipinski definition) is 4. The van der Waals surface area contributed by atoms with Gasteiger partial charge in [-0.25, -0.2) is 9.59 Å². The highest BCUT2D eigenvalue weighted by Crippen LogP contribution is 2.18. The molecular formula is C23H33ClN2O4. The van der Waals surface area contributed by atoms with Crippen molar-refractivity contribution < 1.29 is 19.4 Å². The number of aliphatic carboxylic acids is 1. The zero-order valence-corrected chi connectivity index (χ0v) is 18.4. The first-order chi connectivity index (χ1) is 14.5. The van der Waals surface area contributed by atoms with Crippen LogP contribution in [0, 0.1) is 0 Å². The van der Waals surface area contributed by atoms with Crippen molar-refractivity contribution >= 4 is 29.4 Å². The third kappa shape index (κ3) is 8.27. The molecule has 0 saturated carbocycles. The smallest absolute Gasteiger partial charge is 0.408 e. The Hall–Kier alpha value is -2.21. The van der Waals surface area contributed by atoms with E-state index in [9.17, 15) is 14.7 Å². The predicted molar refractivity (Wildman–Crippen MR) is 120 cm³/mol. The normalized spacial score (nSPS) is 18.5. The van der Waals surface area contributed by atoms with Gasteiger partial charge in [0.15, 0.2) is 0 Å². The molecule has 0 heterocycles. The molecule has 1 aliphatic rings. The second-order valence-corrected chi connectivity index (χ2v) is 7.97. The molecule has 2 N–H and O–H groups in total. The molecule has 0 spiro atoms. The molecule has 0 saturated heterocycles. The van der Waals surface area contributed by atoms with Gasteiger partial charge in [-0.3, -0.25) is 0 Å². The second-order valence-electron chi connectivity index (χ2n) is 7.59. The van der Waals surface area contributed by atoms with Gasteiger partial charge in [0.05, 0.1) is 0 Å². The number of hydrogen-bond donors (Lipinski definition) is 2. The average molecular weight is 437 g/mol. The molecule has 1 aliphatic carbocycles. The summed E-state index contributed by atoms with van der Waals surface area (Å²) in [7, 11) is 0. The highest BCUT2D eigenvalue weighted by atomic mass is 35.5. The van der Waals surface area contributed by atoms with E-state index in [1.165, 1.54) is 0 Å². The number of rotatable bonds is 10. The number of halogens is 1. The average Bonchev–Trinajstić information content (AvgIpc) is 2.70. The summed E-state index contributed by atoms with van der Waals surface area (Å²) in [6.45, 7) is 3.78. The number of carboxylic acids is 1. The fraction of sp³-hybridized carbons (Fsp3) is 0.565. The van der Waals surface area contributed by atoms with Crippen molar-refractivity contribution in [3.63, 3.8) is 0 Å². The van der Waals surface area contributed by atoms with Gasteiger partial charge in [-0.2, -0.15) is 0 Å². The molecule has 6 nitrogen and oxygen atoms in total. The van der Waals surface area contributed by atoms with Crippen LogP contribution >= 0.6 is 11.6 Å². The minimum atomic E-state index is -1.08. The van der Waals surface area contributed by atoms with Crippen LogP contribution < -0.4 is 10.2 Å². The van der Waals surface area contributed by atoms with Crippen LogP contribution in [0.2, 0.25) is 0 Å². The summed E-state index contributed by atoms with van der Waals surface area (Å²) in [5.41, 5.74) is 1.89. The van der Waals surface area contributed by atoms with Crippen LogP contribution in [0.5, 0.6) is 0 Å². The van der Waals surface area contributed by atoms with E-state index in [-0.39, 0.29) is 12.5 Å². The number of anilines is 1. The SMILES string of the molecule is CCCN(CCCl)c1ccc(C[C@H](NC(=O)OC2/C=C/CCCCC2)C(=O)O)cc1. The fourth-order valence-corrected chi connectivity index (χ4v) is 3.77. The number of carboxylic acid groups (broad SMARTS) is 1. The molecule has 0 fully saturated rings. The monoisotopic (exact) mass is 436 g/mol. The summed E-state index contributed by atoms with van der Waals surface area (Å²) in [5, 5.41) is 12.1. The van der Waals surface area contributed by atoms with Gasteiger partial charge in [0.2, 0.25) is 0 Å². The van der Waals surface area contributed by atoms with Gasteiger partial charge >= 0.3 is 12.1 Å². The quantitative estimate of drug-likeness (QED) is 0.408. The molecule has 1 unspecified atom stereocenters. The van der Waals surface area contributed by atoms with Crippen molar-refractivity contribution in [2.45, 2.75) is 64.0 Å². The number of amides is 1. The van der Waals surface area contributed by atoms with Crippen LogP contribution in [-0.4, -0.2) is 48.3 Å². The Morgan fingerprint density at radius 3 is 2.67 bits per heavy atom. The minimum absolute atomic E-state index is 0.189. The van der Waals surface area contributed by atoms with Crippen molar-refractivity contribution in [3.8, 4) is 0 Å². The zero-order chi connectivity index (χ0) is 21.8. The van der Waals surface area contributed by atoms with E-state index in [0.29, 0.717) is 5.88 Å². The molecule has 166 valence electrons. The fourth-order valence-electron chi connectivity index (χ4n) is 3.56. The topological polar surface area (TPSA) is 78.9 Å². The zero-order valence-electron chi connectivity index (χ0n) is 17.7. The van der Waals surface area contributed by atoms with E-state index in [1.807, 2.05) is 36.4 Å². The lowest BCUT2D eigenvalue weighted by atomic mass is 10.0. The molecule has 1 amide bonds. The van der Waals surface area contributed by atoms with Crippen LogP contribution in [-0.2, 0) is 16.0 Å². The Labute approximate surface area is 184 Å². The number of alkyl halides is 1. The van der Waals surface area contributed by atoms with Crippen molar-refractivity contribution in [2.75, 3.05) is 23.9 Å². The van der Waals surface area contributed by atoms with Crippen molar-refractivity contribution in [2.24, 2.45) is 0 Å². The van der Waals surface area contributed by atoms with E-state index in [1.54, 1.807) is 0 Å². The lowest BCUT2D eigenvalue weighted by Gasteiger charge is -2.23. The van der Waals surface area contributed by atoms with E-state index in [4.69, 9.17) is 16.3 Å². The molecule has 7 heteroatoms. The van der Waals surface area contributed by atoms with E-state index in [2.05, 4.69) is 17.1 Å². The van der Waals surface area contributed by atoms with Gasteiger partial charge in [0.1, 0.15) is 12.1 Å². The number of benzene rings is 1. The Morgan fingerprint density at radius 1 is 1.23 bits per heavy atom. The highest BCUT2D eigenvalue weighted by Gasteiger charge is 2.23. The molecule has 30 heavy (non-hydrogen) atoms. The number of ether oxygens (including phenoxy) is 1. The van der Waals surface area contributed by atoms with Crippen molar-refractivity contribution in [1.29, 1.82) is 0 Å². The summed E-state index contributed by atoms with van der Waals surface area (Å²) < 4.78 is 5.43. The lowest BCUT2D eigenvalue weighted by molar-refractivity contribution is -0.139. The second kappa shape index (κ2) is 13.2. The summed E-state index contributed by atoms with van der Waals surface area (Å²) in [4.78, 5) is 26.1. The van der Waals surface area contributed by atoms with Gasteiger partial charge in [-0.15, -0.1) is 11.6 Å². The van der Waals surface area contributed by atoms with Crippen molar-refractivity contribution in [1.82, 2.24) is 5.32 Å². The number of carbonyl (C=O) groups excluding carboxylic acids is 1. The Balaban J connectivity index is 1.95. The molecule has 1 aromatic rings. The third-order valence-corrected chi connectivity index (χ3v) is 5.32. The third-order valence-electron chi connectivity index (χ3n) is 5.15. The van der Waals surface area contributed by atoms with Gasteiger partial charge < -0.3 is 20.1 Å². The molecule has 0 aromatic heterocycles. The molecule has 2 rings (SSSR count). The standard InChI is InChI=1S/C23H33ClN2O4/c1-2-15-26(16-14-24)19-12-10-18(11-13-19)17-21(22(27)28)25-23(29)30-20-8-6-4-3-5-7-9-20/h6,8,10-13,20-21H,2-5,7,9,14-17H2,1H3,(H,25,29)(H,27,28)/b8-6+/t20?,21-/m0/s1. The number of nitrogens with zero attached hydrogens (tertiary/aromatic N) is 1. The maximum Gasteiger partial charge on any atom is 0.408 e. The first kappa shape index (κ1) is 24.1. The maximum atomic E-state index is 12.3. The van der Waals surface area contributed by atoms with E-state index in [0.717, 1.165) is 62.9 Å². The van der Waals surface area contributed by atoms with Gasteiger partial charge in [-0.05, 0) is 55.9 Å². The lowest BCUT2D eigenvalue weighted by Crippen LogP contribution is -2.43. The van der Waals surface area contributed by atoms with Crippen LogP contribution in [0.3, 0.4) is 0 Å². The number of nitrogens with one attached hydrogen (secondary N) is 1. The Morgan fingerprint density at radius 2 is 2.00 bits per heavy atom. The highest BCUT2D eigenvalue weighted by molar-refractivity contribution is 6.18. The number of alkyl carbamates (subject to hydrolysis) is 1. The van der Waals surface area contributed by atoms with Gasteiger partial charge in [0, 0.05) is 31.1 Å². The molecule has 2 atom stereocenters. The minimum Gasteiger partial charge on any atom is -0.480 e. The molecule has 0 bridgehead atoms. The summed E-state index contributed by atoms with van der Waals surface area (Å²) in [6.07, 6.45) is 9.14. The maximum absolute atomic E-state index is 12.3. The molecule has 0 radical (unpaired) electrons. The van der Waals surface area contributed by atoms with Crippen molar-refractivity contribution in [3.05, 3.63) is 42.0 Å². The number of allylic oxidation sites excluding steroid dienone is 1. The first-order valence-electron chi connectivity index (χ1n) is 10.8. The number of carbonyl (C=O) groups is 2. The van der Waals surface area contributed by atoms with E-state index < -0.39 is 18.1 Å². The molecular weight excluding hydrogens is 404 g/mol. The van der Waals surface area contributed by atoms with Gasteiger partial charge in [0.25, 0.3) is 0 Å². The summed E-state index contributed by atoms with van der Waals surface area (Å²) >= 11 is 5.89. The summed E-state index contributed by atoms with van der Waals surface area (Å²) in [6, 6.07) is 6.68. The van der Waals surface area contributed by atoms with Crippen LogP contribution in [0.25, 0.3) is 0 Å². The van der Waals surface area contributed by atoms with Crippen LogP contribution in [0.15, 0.2) is 36.4 Å². The van der Waals surface area contributed by atoms with E-state index >= 15 is 0 Å². The van der Waals surface area contributed by atoms with Crippen LogP contribution in [0.4, 0.5) is 10.5 Å². The first-order valence-corrected chi connectivity index (χ1v) is 11.3. The largest absolute Gasteiger partial charge is 0.480 e. The van der Waals surface area contributed by atoms with Crippen LogP contribution in [0.1, 0.15) is 51.0 Å². The predicted octanol–water partition coefficient (Wildman–Crippen LogP) is 4.75.